The van der Waals surface area contributed by atoms with E-state index in [9.17, 15) is 4.79 Å². The van der Waals surface area contributed by atoms with Crippen molar-refractivity contribution in [3.63, 3.8) is 0 Å². The van der Waals surface area contributed by atoms with Crippen LogP contribution in [0.1, 0.15) is 27.2 Å². The quantitative estimate of drug-likeness (QED) is 0.639. The molecule has 0 aliphatic rings. The molecule has 0 aliphatic heterocycles. The fourth-order valence-electron chi connectivity index (χ4n) is 1.32. The molecule has 0 saturated heterocycles. The number of nitrogens with zero attached hydrogens (tertiary/aromatic N) is 1. The number of amides is 1. The molecule has 1 rings (SSSR count). The maximum atomic E-state index is 11.6. The molecule has 1 N–H and O–H groups in total. The summed E-state index contributed by atoms with van der Waals surface area (Å²) in [4.78, 5) is 11.6. The first-order valence-corrected chi connectivity index (χ1v) is 7.10. The van der Waals surface area contributed by atoms with Crippen molar-refractivity contribution < 1.29 is 9.53 Å². The first kappa shape index (κ1) is 16.8. The molecule has 0 aliphatic carbocycles. The number of nitrogens with one attached hydrogen (secondary N) is 1. The van der Waals surface area contributed by atoms with Gasteiger partial charge in [0.15, 0.2) is 6.61 Å². The zero-order valence-corrected chi connectivity index (χ0v) is 13.3. The molecule has 1 atom stereocenters. The Morgan fingerprint density at radius 3 is 2.75 bits per heavy atom. The van der Waals surface area contributed by atoms with Gasteiger partial charge in [-0.1, -0.05) is 37.0 Å². The molecule has 0 fully saturated rings. The van der Waals surface area contributed by atoms with Crippen molar-refractivity contribution in [2.45, 2.75) is 27.2 Å². The lowest BCUT2D eigenvalue weighted by molar-refractivity contribution is -0.123. The van der Waals surface area contributed by atoms with Crippen LogP contribution < -0.4 is 10.2 Å². The average molecular weight is 317 g/mol. The molecule has 1 aromatic carbocycles. The predicted molar refractivity (Wildman–Crippen MR) is 82.7 cm³/mol. The van der Waals surface area contributed by atoms with E-state index in [4.69, 9.17) is 27.9 Å². The second kappa shape index (κ2) is 8.12. The number of rotatable bonds is 6. The van der Waals surface area contributed by atoms with Crippen LogP contribution in [0.4, 0.5) is 0 Å². The SMILES string of the molecule is CC[C@@H](C)/C(C)=N\NC(=O)COc1ccc(Cl)cc1Cl. The van der Waals surface area contributed by atoms with Gasteiger partial charge in [-0.05, 0) is 37.5 Å². The number of hydrazone groups is 1. The second-order valence-corrected chi connectivity index (χ2v) is 5.30. The summed E-state index contributed by atoms with van der Waals surface area (Å²) in [6, 6.07) is 4.82. The summed E-state index contributed by atoms with van der Waals surface area (Å²) < 4.78 is 5.30. The number of hydrogen-bond donors (Lipinski definition) is 1. The van der Waals surface area contributed by atoms with E-state index in [1.807, 2.05) is 6.92 Å². The van der Waals surface area contributed by atoms with Crippen LogP contribution in [0.25, 0.3) is 0 Å². The van der Waals surface area contributed by atoms with Gasteiger partial charge in [0.05, 0.1) is 5.02 Å². The molecule has 0 spiro atoms. The van der Waals surface area contributed by atoms with Crippen molar-refractivity contribution in [3.05, 3.63) is 28.2 Å². The highest BCUT2D eigenvalue weighted by Gasteiger charge is 2.07. The summed E-state index contributed by atoms with van der Waals surface area (Å²) in [5.41, 5.74) is 3.33. The van der Waals surface area contributed by atoms with E-state index < -0.39 is 0 Å². The van der Waals surface area contributed by atoms with Crippen LogP contribution in [0.2, 0.25) is 10.0 Å². The normalized spacial score (nSPS) is 12.9. The van der Waals surface area contributed by atoms with E-state index in [2.05, 4.69) is 24.4 Å². The molecule has 0 saturated carbocycles. The maximum absolute atomic E-state index is 11.6. The van der Waals surface area contributed by atoms with Crippen LogP contribution >= 0.6 is 23.2 Å². The Morgan fingerprint density at radius 2 is 2.15 bits per heavy atom. The summed E-state index contributed by atoms with van der Waals surface area (Å²) in [5, 5.41) is 4.91. The topological polar surface area (TPSA) is 50.7 Å². The van der Waals surface area contributed by atoms with Crippen molar-refractivity contribution in [2.75, 3.05) is 6.61 Å². The highest BCUT2D eigenvalue weighted by molar-refractivity contribution is 6.35. The maximum Gasteiger partial charge on any atom is 0.277 e. The summed E-state index contributed by atoms with van der Waals surface area (Å²) in [5.74, 6) is 0.412. The molecule has 6 heteroatoms. The van der Waals surface area contributed by atoms with Crippen LogP contribution in [0.5, 0.6) is 5.75 Å². The Labute approximate surface area is 129 Å². The van der Waals surface area contributed by atoms with E-state index >= 15 is 0 Å². The van der Waals surface area contributed by atoms with Gasteiger partial charge in [0.1, 0.15) is 5.75 Å². The monoisotopic (exact) mass is 316 g/mol. The fraction of sp³-hybridized carbons (Fsp3) is 0.429. The van der Waals surface area contributed by atoms with Crippen molar-refractivity contribution >= 4 is 34.8 Å². The minimum atomic E-state index is -0.335. The molecule has 110 valence electrons. The van der Waals surface area contributed by atoms with E-state index in [-0.39, 0.29) is 12.5 Å². The van der Waals surface area contributed by atoms with Crippen molar-refractivity contribution in [1.29, 1.82) is 0 Å². The summed E-state index contributed by atoms with van der Waals surface area (Å²) in [6.45, 7) is 5.84. The van der Waals surface area contributed by atoms with Gasteiger partial charge in [-0.25, -0.2) is 5.43 Å². The first-order valence-electron chi connectivity index (χ1n) is 6.35. The third-order valence-electron chi connectivity index (χ3n) is 2.94. The zero-order chi connectivity index (χ0) is 15.1. The molecular formula is C14H18Cl2N2O2. The lowest BCUT2D eigenvalue weighted by Gasteiger charge is -2.09. The molecule has 1 aromatic rings. The Balaban J connectivity index is 2.48. The Bertz CT molecular complexity index is 504. The molecule has 0 radical (unpaired) electrons. The number of halogens is 2. The lowest BCUT2D eigenvalue weighted by atomic mass is 10.1. The molecule has 20 heavy (non-hydrogen) atoms. The van der Waals surface area contributed by atoms with E-state index in [0.717, 1.165) is 12.1 Å². The van der Waals surface area contributed by atoms with Gasteiger partial charge in [-0.3, -0.25) is 4.79 Å². The molecule has 0 unspecified atom stereocenters. The van der Waals surface area contributed by atoms with Gasteiger partial charge in [0.2, 0.25) is 0 Å². The predicted octanol–water partition coefficient (Wildman–Crippen LogP) is 3.91. The minimum Gasteiger partial charge on any atom is -0.482 e. The van der Waals surface area contributed by atoms with E-state index in [0.29, 0.717) is 21.7 Å². The average Bonchev–Trinajstić information content (AvgIpc) is 2.42. The van der Waals surface area contributed by atoms with Crippen molar-refractivity contribution in [1.82, 2.24) is 5.43 Å². The Hall–Kier alpha value is -1.26. The van der Waals surface area contributed by atoms with Gasteiger partial charge in [0.25, 0.3) is 5.91 Å². The van der Waals surface area contributed by atoms with E-state index in [1.54, 1.807) is 18.2 Å². The van der Waals surface area contributed by atoms with Crippen molar-refractivity contribution in [2.24, 2.45) is 11.0 Å². The lowest BCUT2D eigenvalue weighted by Crippen LogP contribution is -2.26. The minimum absolute atomic E-state index is 0.154. The fourth-order valence-corrected chi connectivity index (χ4v) is 1.79. The van der Waals surface area contributed by atoms with Gasteiger partial charge >= 0.3 is 0 Å². The van der Waals surface area contributed by atoms with Crippen LogP contribution in [0, 0.1) is 5.92 Å². The molecule has 0 aromatic heterocycles. The molecule has 4 nitrogen and oxygen atoms in total. The highest BCUT2D eigenvalue weighted by atomic mass is 35.5. The second-order valence-electron chi connectivity index (χ2n) is 4.46. The Kier molecular flexibility index (Phi) is 6.82. The molecule has 0 bridgehead atoms. The van der Waals surface area contributed by atoms with Crippen LogP contribution in [-0.2, 0) is 4.79 Å². The van der Waals surface area contributed by atoms with Gasteiger partial charge in [-0.2, -0.15) is 5.10 Å². The first-order chi connectivity index (χ1) is 9.43. The number of carbonyl (C=O) groups is 1. The molecule has 0 heterocycles. The van der Waals surface area contributed by atoms with Crippen LogP contribution in [0.15, 0.2) is 23.3 Å². The summed E-state index contributed by atoms with van der Waals surface area (Å²) in [6.07, 6.45) is 0.974. The summed E-state index contributed by atoms with van der Waals surface area (Å²) in [7, 11) is 0. The zero-order valence-electron chi connectivity index (χ0n) is 11.7. The van der Waals surface area contributed by atoms with Gasteiger partial charge in [0, 0.05) is 10.7 Å². The largest absolute Gasteiger partial charge is 0.482 e. The number of hydrogen-bond acceptors (Lipinski definition) is 3. The van der Waals surface area contributed by atoms with Crippen LogP contribution in [0.3, 0.4) is 0 Å². The highest BCUT2D eigenvalue weighted by Crippen LogP contribution is 2.27. The third kappa shape index (κ3) is 5.39. The van der Waals surface area contributed by atoms with Gasteiger partial charge < -0.3 is 4.74 Å². The standard InChI is InChI=1S/C14H18Cl2N2O2/c1-4-9(2)10(3)17-18-14(19)8-20-13-6-5-11(15)7-12(13)16/h5-7,9H,4,8H2,1-3H3,(H,18,19)/b17-10-/t9-/m1/s1. The van der Waals surface area contributed by atoms with Gasteiger partial charge in [-0.15, -0.1) is 0 Å². The third-order valence-corrected chi connectivity index (χ3v) is 3.47. The van der Waals surface area contributed by atoms with Crippen LogP contribution in [-0.4, -0.2) is 18.2 Å². The number of carbonyl (C=O) groups excluding carboxylic acids is 1. The molecule has 1 amide bonds. The Morgan fingerprint density at radius 1 is 1.45 bits per heavy atom. The van der Waals surface area contributed by atoms with E-state index in [1.165, 1.54) is 0 Å². The smallest absolute Gasteiger partial charge is 0.277 e. The number of ether oxygens (including phenoxy) is 1. The summed E-state index contributed by atoms with van der Waals surface area (Å²) >= 11 is 11.7. The van der Waals surface area contributed by atoms with Crippen molar-refractivity contribution in [3.8, 4) is 5.75 Å². The number of benzene rings is 1. The molecular weight excluding hydrogens is 299 g/mol.